The number of rotatable bonds is 2. The van der Waals surface area contributed by atoms with Gasteiger partial charge in [0.1, 0.15) is 0 Å². The summed E-state index contributed by atoms with van der Waals surface area (Å²) in [4.78, 5) is 13.0. The minimum Gasteiger partial charge on any atom is -0.288 e. The molecule has 0 aliphatic carbocycles. The maximum absolute atomic E-state index is 12.1. The van der Waals surface area contributed by atoms with Gasteiger partial charge in [0.05, 0.1) is 4.88 Å². The third kappa shape index (κ3) is 1.58. The van der Waals surface area contributed by atoms with Crippen LogP contribution in [0.1, 0.15) is 15.2 Å². The van der Waals surface area contributed by atoms with Gasteiger partial charge in [-0.3, -0.25) is 4.79 Å². The lowest BCUT2D eigenvalue weighted by atomic mass is 10.1. The van der Waals surface area contributed by atoms with E-state index in [9.17, 15) is 4.79 Å². The fraction of sp³-hybridized carbons (Fsp3) is 0. The molecule has 1 nitrogen and oxygen atoms in total. The van der Waals surface area contributed by atoms with Gasteiger partial charge < -0.3 is 0 Å². The zero-order valence-electron chi connectivity index (χ0n) is 8.34. The van der Waals surface area contributed by atoms with Gasteiger partial charge >= 0.3 is 0 Å². The lowest BCUT2D eigenvalue weighted by Crippen LogP contribution is -1.97. The van der Waals surface area contributed by atoms with Gasteiger partial charge in [0.2, 0.25) is 5.78 Å². The van der Waals surface area contributed by atoms with Crippen LogP contribution >= 0.6 is 22.7 Å². The van der Waals surface area contributed by atoms with Crippen molar-refractivity contribution >= 4 is 37.9 Å². The Morgan fingerprint density at radius 2 is 1.81 bits per heavy atom. The first-order valence-electron chi connectivity index (χ1n) is 4.91. The highest BCUT2D eigenvalue weighted by Crippen LogP contribution is 2.31. The molecule has 0 amide bonds. The predicted octanol–water partition coefficient (Wildman–Crippen LogP) is 4.19. The highest BCUT2D eigenvalue weighted by Gasteiger charge is 2.12. The number of thiophene rings is 2. The molecule has 0 saturated carbocycles. The van der Waals surface area contributed by atoms with Crippen LogP contribution in [0.3, 0.4) is 0 Å². The van der Waals surface area contributed by atoms with Crippen molar-refractivity contribution in [2.45, 2.75) is 0 Å². The standard InChI is InChI=1S/C13H8OS2/c14-13(9-4-2-1-3-5-9)12-8-11-10(16-12)6-7-15-11/h1-8H. The first kappa shape index (κ1) is 9.75. The van der Waals surface area contributed by atoms with Crippen LogP contribution in [-0.4, -0.2) is 5.78 Å². The monoisotopic (exact) mass is 244 g/mol. The number of carbonyl (C=O) groups excluding carboxylic acids is 1. The van der Waals surface area contributed by atoms with Crippen molar-refractivity contribution in [3.05, 3.63) is 58.3 Å². The van der Waals surface area contributed by atoms with E-state index in [1.165, 1.54) is 9.40 Å². The Balaban J connectivity index is 2.05. The van der Waals surface area contributed by atoms with Crippen molar-refractivity contribution in [2.75, 3.05) is 0 Å². The van der Waals surface area contributed by atoms with E-state index in [-0.39, 0.29) is 5.78 Å². The minimum atomic E-state index is 0.119. The first-order valence-corrected chi connectivity index (χ1v) is 6.61. The number of fused-ring (bicyclic) bond motifs is 1. The van der Waals surface area contributed by atoms with Crippen molar-refractivity contribution in [2.24, 2.45) is 0 Å². The fourth-order valence-electron chi connectivity index (χ4n) is 1.61. The van der Waals surface area contributed by atoms with Crippen LogP contribution in [0, 0.1) is 0 Å². The van der Waals surface area contributed by atoms with E-state index >= 15 is 0 Å². The quantitative estimate of drug-likeness (QED) is 0.618. The molecule has 2 aromatic heterocycles. The topological polar surface area (TPSA) is 17.1 Å². The molecular weight excluding hydrogens is 236 g/mol. The molecule has 0 unspecified atom stereocenters. The summed E-state index contributed by atoms with van der Waals surface area (Å²) in [5.41, 5.74) is 0.761. The van der Waals surface area contributed by atoms with Crippen LogP contribution in [0.15, 0.2) is 47.8 Å². The molecule has 0 spiro atoms. The molecule has 0 fully saturated rings. The van der Waals surface area contributed by atoms with Gasteiger partial charge in [-0.1, -0.05) is 30.3 Å². The van der Waals surface area contributed by atoms with E-state index in [4.69, 9.17) is 0 Å². The second kappa shape index (κ2) is 3.85. The molecule has 0 bridgehead atoms. The van der Waals surface area contributed by atoms with Gasteiger partial charge in [-0.25, -0.2) is 0 Å². The van der Waals surface area contributed by atoms with Gasteiger partial charge in [0.15, 0.2) is 0 Å². The number of hydrogen-bond donors (Lipinski definition) is 0. The lowest BCUT2D eigenvalue weighted by molar-refractivity contribution is 0.104. The second-order valence-electron chi connectivity index (χ2n) is 3.45. The van der Waals surface area contributed by atoms with E-state index in [0.29, 0.717) is 0 Å². The molecule has 0 N–H and O–H groups in total. The fourth-order valence-corrected chi connectivity index (χ4v) is 3.68. The smallest absolute Gasteiger partial charge is 0.203 e. The van der Waals surface area contributed by atoms with Crippen LogP contribution < -0.4 is 0 Å². The second-order valence-corrected chi connectivity index (χ2v) is 5.49. The van der Waals surface area contributed by atoms with Crippen LogP contribution in [0.25, 0.3) is 9.40 Å². The minimum absolute atomic E-state index is 0.119. The number of benzene rings is 1. The van der Waals surface area contributed by atoms with Crippen molar-refractivity contribution in [3.63, 3.8) is 0 Å². The third-order valence-electron chi connectivity index (χ3n) is 2.40. The average molecular weight is 244 g/mol. The van der Waals surface area contributed by atoms with E-state index in [2.05, 4.69) is 11.4 Å². The van der Waals surface area contributed by atoms with Gasteiger partial charge in [-0.05, 0) is 17.5 Å². The van der Waals surface area contributed by atoms with Crippen molar-refractivity contribution in [1.29, 1.82) is 0 Å². The van der Waals surface area contributed by atoms with Crippen molar-refractivity contribution in [3.8, 4) is 0 Å². The Hall–Kier alpha value is -1.45. The summed E-state index contributed by atoms with van der Waals surface area (Å²) in [6, 6.07) is 13.5. The normalized spacial score (nSPS) is 10.8. The van der Waals surface area contributed by atoms with Crippen LogP contribution in [0.5, 0.6) is 0 Å². The zero-order valence-corrected chi connectivity index (χ0v) is 9.98. The summed E-state index contributed by atoms with van der Waals surface area (Å²) in [5.74, 6) is 0.119. The predicted molar refractivity (Wildman–Crippen MR) is 69.6 cm³/mol. The Bertz CT molecular complexity index is 606. The SMILES string of the molecule is O=C(c1ccccc1)c1cc2sccc2s1. The Morgan fingerprint density at radius 1 is 1.00 bits per heavy atom. The summed E-state index contributed by atoms with van der Waals surface area (Å²) in [5, 5.41) is 2.05. The number of carbonyl (C=O) groups is 1. The van der Waals surface area contributed by atoms with E-state index < -0.39 is 0 Å². The molecule has 78 valence electrons. The molecule has 1 aromatic carbocycles. The zero-order chi connectivity index (χ0) is 11.0. The molecule has 0 radical (unpaired) electrons. The molecular formula is C13H8OS2. The van der Waals surface area contributed by atoms with Gasteiger partial charge in [0.25, 0.3) is 0 Å². The molecule has 3 aromatic rings. The molecule has 3 heteroatoms. The van der Waals surface area contributed by atoms with E-state index in [1.54, 1.807) is 22.7 Å². The van der Waals surface area contributed by atoms with Crippen LogP contribution in [0.2, 0.25) is 0 Å². The molecule has 2 heterocycles. The van der Waals surface area contributed by atoms with E-state index in [0.717, 1.165) is 10.4 Å². The largest absolute Gasteiger partial charge is 0.288 e. The van der Waals surface area contributed by atoms with E-state index in [1.807, 2.05) is 36.4 Å². The highest BCUT2D eigenvalue weighted by molar-refractivity contribution is 7.28. The molecule has 0 atom stereocenters. The molecule has 0 saturated heterocycles. The molecule has 16 heavy (non-hydrogen) atoms. The maximum Gasteiger partial charge on any atom is 0.203 e. The van der Waals surface area contributed by atoms with Gasteiger partial charge in [-0.2, -0.15) is 0 Å². The van der Waals surface area contributed by atoms with Gasteiger partial charge in [0, 0.05) is 15.0 Å². The summed E-state index contributed by atoms with van der Waals surface area (Å²) in [7, 11) is 0. The summed E-state index contributed by atoms with van der Waals surface area (Å²) in [6.07, 6.45) is 0. The molecule has 0 aliphatic heterocycles. The molecule has 3 rings (SSSR count). The maximum atomic E-state index is 12.1. The highest BCUT2D eigenvalue weighted by atomic mass is 32.1. The number of hydrogen-bond acceptors (Lipinski definition) is 3. The van der Waals surface area contributed by atoms with Crippen LogP contribution in [-0.2, 0) is 0 Å². The summed E-state index contributed by atoms with van der Waals surface area (Å²) in [6.45, 7) is 0. The lowest BCUT2D eigenvalue weighted by Gasteiger charge is -1.95. The van der Waals surface area contributed by atoms with Crippen LogP contribution in [0.4, 0.5) is 0 Å². The first-order chi connectivity index (χ1) is 7.84. The average Bonchev–Trinajstić information content (AvgIpc) is 2.89. The summed E-state index contributed by atoms with van der Waals surface area (Å²) >= 11 is 3.25. The Labute approximate surface area is 101 Å². The molecule has 0 aliphatic rings. The Kier molecular flexibility index (Phi) is 2.35. The van der Waals surface area contributed by atoms with Crippen molar-refractivity contribution in [1.82, 2.24) is 0 Å². The van der Waals surface area contributed by atoms with Crippen molar-refractivity contribution < 1.29 is 4.79 Å². The third-order valence-corrected chi connectivity index (χ3v) is 4.49. The van der Waals surface area contributed by atoms with Gasteiger partial charge in [-0.15, -0.1) is 22.7 Å². The number of ketones is 1. The summed E-state index contributed by atoms with van der Waals surface area (Å²) < 4.78 is 2.40. The Morgan fingerprint density at radius 3 is 2.56 bits per heavy atom.